The van der Waals surface area contributed by atoms with E-state index in [2.05, 4.69) is 67.8 Å². The molecule has 0 radical (unpaired) electrons. The predicted molar refractivity (Wildman–Crippen MR) is 140 cm³/mol. The number of carbonyl (C=O) groups excluding carboxylic acids is 1. The van der Waals surface area contributed by atoms with Crippen molar-refractivity contribution in [3.8, 4) is 5.75 Å². The number of aryl methyl sites for hydroxylation is 1. The minimum atomic E-state index is -0.502. The highest BCUT2D eigenvalue weighted by molar-refractivity contribution is 14.1. The van der Waals surface area contributed by atoms with Gasteiger partial charge < -0.3 is 4.74 Å². The monoisotopic (exact) mass is 655 g/mol. The van der Waals surface area contributed by atoms with Gasteiger partial charge in [0.05, 0.1) is 24.7 Å². The highest BCUT2D eigenvalue weighted by Crippen LogP contribution is 2.29. The summed E-state index contributed by atoms with van der Waals surface area (Å²) < 4.78 is 7.85. The van der Waals surface area contributed by atoms with Crippen molar-refractivity contribution < 1.29 is 14.5 Å². The summed E-state index contributed by atoms with van der Waals surface area (Å²) in [5.41, 5.74) is 5.77. The number of para-hydroxylation sites is 1. The summed E-state index contributed by atoms with van der Waals surface area (Å²) in [6.45, 7) is 2.52. The van der Waals surface area contributed by atoms with Crippen LogP contribution in [0, 0.1) is 24.2 Å². The fourth-order valence-electron chi connectivity index (χ4n) is 2.86. The summed E-state index contributed by atoms with van der Waals surface area (Å²) in [4.78, 5) is 22.7. The smallest absolute Gasteiger partial charge is 0.273 e. The molecule has 0 bridgehead atoms. The summed E-state index contributed by atoms with van der Waals surface area (Å²) in [6.07, 6.45) is 1.40. The van der Waals surface area contributed by atoms with Crippen LogP contribution in [0.15, 0.2) is 65.8 Å². The molecular formula is C23H19I2N3O4. The number of nitrogens with one attached hydrogen (secondary N) is 1. The SMILES string of the molecule is Cc1ccc(COc2c(I)cc(/C=N/NC(=O)Cc3ccccc3[N+](=O)[O-])cc2I)cc1. The zero-order valence-electron chi connectivity index (χ0n) is 17.0. The standard InChI is InChI=1S/C23H19I2N3O4/c1-15-6-8-16(9-7-15)14-32-23-19(24)10-17(11-20(23)25)13-26-27-22(29)12-18-4-2-3-5-21(18)28(30)31/h2-11,13H,12,14H2,1H3,(H,27,29)/b26-13+. The zero-order valence-corrected chi connectivity index (χ0v) is 21.4. The van der Waals surface area contributed by atoms with Gasteiger partial charge in [0.15, 0.2) is 0 Å². The Bertz CT molecular complexity index is 1140. The summed E-state index contributed by atoms with van der Waals surface area (Å²) >= 11 is 4.41. The fourth-order valence-corrected chi connectivity index (χ4v) is 4.99. The lowest BCUT2D eigenvalue weighted by molar-refractivity contribution is -0.385. The van der Waals surface area contributed by atoms with Gasteiger partial charge in [-0.1, -0.05) is 48.0 Å². The normalized spacial score (nSPS) is 10.8. The third kappa shape index (κ3) is 6.73. The number of hydrazone groups is 1. The number of benzene rings is 3. The number of halogens is 2. The largest absolute Gasteiger partial charge is 0.487 e. The molecule has 0 aliphatic heterocycles. The lowest BCUT2D eigenvalue weighted by Gasteiger charge is -2.11. The van der Waals surface area contributed by atoms with Gasteiger partial charge >= 0.3 is 0 Å². The van der Waals surface area contributed by atoms with Gasteiger partial charge in [-0.15, -0.1) is 0 Å². The van der Waals surface area contributed by atoms with Gasteiger partial charge in [0.2, 0.25) is 5.91 Å². The van der Waals surface area contributed by atoms with Crippen LogP contribution in [0.25, 0.3) is 0 Å². The van der Waals surface area contributed by atoms with E-state index < -0.39 is 10.8 Å². The molecule has 0 saturated carbocycles. The number of nitrogens with zero attached hydrogens (tertiary/aromatic N) is 2. The molecular weight excluding hydrogens is 636 g/mol. The average molecular weight is 655 g/mol. The molecule has 0 aromatic heterocycles. The molecule has 7 nitrogen and oxygen atoms in total. The number of hydrogen-bond acceptors (Lipinski definition) is 5. The van der Waals surface area contributed by atoms with Gasteiger partial charge in [0, 0.05) is 11.6 Å². The highest BCUT2D eigenvalue weighted by Gasteiger charge is 2.15. The molecule has 0 heterocycles. The van der Waals surface area contributed by atoms with Gasteiger partial charge in [-0.05, 0) is 75.4 Å². The molecule has 3 aromatic carbocycles. The molecule has 0 fully saturated rings. The lowest BCUT2D eigenvalue weighted by atomic mass is 10.1. The molecule has 0 aliphatic carbocycles. The molecule has 0 unspecified atom stereocenters. The van der Waals surface area contributed by atoms with Gasteiger partial charge in [-0.25, -0.2) is 5.43 Å². The van der Waals surface area contributed by atoms with E-state index in [9.17, 15) is 14.9 Å². The van der Waals surface area contributed by atoms with Crippen LogP contribution in [0.2, 0.25) is 0 Å². The van der Waals surface area contributed by atoms with Crippen LogP contribution in [0.3, 0.4) is 0 Å². The van der Waals surface area contributed by atoms with E-state index in [4.69, 9.17) is 4.74 Å². The van der Waals surface area contributed by atoms with Crippen molar-refractivity contribution in [2.45, 2.75) is 20.0 Å². The van der Waals surface area contributed by atoms with Gasteiger partial charge in [0.1, 0.15) is 12.4 Å². The Morgan fingerprint density at radius 1 is 1.12 bits per heavy atom. The number of amides is 1. The number of nitro groups is 1. The van der Waals surface area contributed by atoms with Crippen molar-refractivity contribution >= 4 is 63.0 Å². The fraction of sp³-hybridized carbons (Fsp3) is 0.130. The first-order valence-corrected chi connectivity index (χ1v) is 11.7. The molecule has 0 aliphatic rings. The highest BCUT2D eigenvalue weighted by atomic mass is 127. The molecule has 0 atom stereocenters. The average Bonchev–Trinajstić information content (AvgIpc) is 2.74. The number of hydrogen-bond donors (Lipinski definition) is 1. The Hall–Kier alpha value is -2.54. The topological polar surface area (TPSA) is 93.8 Å². The van der Waals surface area contributed by atoms with Crippen molar-refractivity contribution in [1.29, 1.82) is 0 Å². The van der Waals surface area contributed by atoms with Crippen molar-refractivity contribution in [1.82, 2.24) is 5.43 Å². The minimum Gasteiger partial charge on any atom is -0.487 e. The summed E-state index contributed by atoms with van der Waals surface area (Å²) in [5, 5.41) is 15.1. The lowest BCUT2D eigenvalue weighted by Crippen LogP contribution is -2.20. The van der Waals surface area contributed by atoms with Crippen molar-refractivity contribution in [3.63, 3.8) is 0 Å². The van der Waals surface area contributed by atoms with Crippen LogP contribution in [0.1, 0.15) is 22.3 Å². The molecule has 3 rings (SSSR count). The van der Waals surface area contributed by atoms with Crippen LogP contribution in [0.5, 0.6) is 5.75 Å². The maximum Gasteiger partial charge on any atom is 0.273 e. The first-order valence-electron chi connectivity index (χ1n) is 9.55. The molecule has 0 saturated heterocycles. The van der Waals surface area contributed by atoms with E-state index in [0.29, 0.717) is 12.2 Å². The predicted octanol–water partition coefficient (Wildman–Crippen LogP) is 5.38. The summed E-state index contributed by atoms with van der Waals surface area (Å²) in [7, 11) is 0. The van der Waals surface area contributed by atoms with E-state index in [1.54, 1.807) is 18.2 Å². The van der Waals surface area contributed by atoms with Crippen molar-refractivity contribution in [2.24, 2.45) is 5.10 Å². The molecule has 1 N–H and O–H groups in total. The first-order chi connectivity index (χ1) is 15.3. The van der Waals surface area contributed by atoms with Gasteiger partial charge in [-0.2, -0.15) is 5.10 Å². The van der Waals surface area contributed by atoms with E-state index >= 15 is 0 Å². The Labute approximate surface area is 212 Å². The van der Waals surface area contributed by atoms with Crippen molar-refractivity contribution in [3.05, 3.63) is 100 Å². The molecule has 0 spiro atoms. The third-order valence-electron chi connectivity index (χ3n) is 4.47. The second kappa shape index (κ2) is 11.4. The zero-order chi connectivity index (χ0) is 23.1. The number of carbonyl (C=O) groups is 1. The Kier molecular flexibility index (Phi) is 8.56. The first kappa shape index (κ1) is 24.1. The quantitative estimate of drug-likeness (QED) is 0.153. The number of rotatable bonds is 8. The van der Waals surface area contributed by atoms with Gasteiger partial charge in [-0.3, -0.25) is 14.9 Å². The van der Waals surface area contributed by atoms with E-state index in [1.165, 1.54) is 17.8 Å². The van der Waals surface area contributed by atoms with Crippen LogP contribution in [-0.2, 0) is 17.8 Å². The van der Waals surface area contributed by atoms with E-state index in [-0.39, 0.29) is 12.1 Å². The van der Waals surface area contributed by atoms with E-state index in [1.807, 2.05) is 31.2 Å². The second-order valence-electron chi connectivity index (χ2n) is 6.94. The van der Waals surface area contributed by atoms with Crippen LogP contribution in [-0.4, -0.2) is 17.0 Å². The molecule has 32 heavy (non-hydrogen) atoms. The Balaban J connectivity index is 1.60. The summed E-state index contributed by atoms with van der Waals surface area (Å²) in [6, 6.07) is 18.2. The molecule has 9 heteroatoms. The maximum absolute atomic E-state index is 12.1. The van der Waals surface area contributed by atoms with Crippen LogP contribution in [0.4, 0.5) is 5.69 Å². The van der Waals surface area contributed by atoms with Crippen LogP contribution < -0.4 is 10.2 Å². The molecule has 3 aromatic rings. The maximum atomic E-state index is 12.1. The minimum absolute atomic E-state index is 0.0861. The third-order valence-corrected chi connectivity index (χ3v) is 6.07. The molecule has 1 amide bonds. The second-order valence-corrected chi connectivity index (χ2v) is 9.27. The Morgan fingerprint density at radius 2 is 1.78 bits per heavy atom. The Morgan fingerprint density at radius 3 is 2.44 bits per heavy atom. The summed E-state index contributed by atoms with van der Waals surface area (Å²) in [5.74, 6) is 0.363. The van der Waals surface area contributed by atoms with E-state index in [0.717, 1.165) is 24.0 Å². The number of ether oxygens (including phenoxy) is 1. The van der Waals surface area contributed by atoms with Crippen LogP contribution >= 0.6 is 45.2 Å². The molecule has 164 valence electrons. The van der Waals surface area contributed by atoms with Crippen molar-refractivity contribution in [2.75, 3.05) is 0 Å². The van der Waals surface area contributed by atoms with Gasteiger partial charge in [0.25, 0.3) is 5.69 Å². The number of nitro benzene ring substituents is 1.